The van der Waals surface area contributed by atoms with Gasteiger partial charge in [-0.25, -0.2) is 4.98 Å². The van der Waals surface area contributed by atoms with Gasteiger partial charge in [-0.05, 0) is 62.3 Å². The lowest BCUT2D eigenvalue weighted by Gasteiger charge is -2.13. The number of hydrogen-bond acceptors (Lipinski definition) is 4. The second-order valence-corrected chi connectivity index (χ2v) is 8.55. The Morgan fingerprint density at radius 3 is 2.85 bits per heavy atom. The number of nitrogens with one attached hydrogen (secondary N) is 1. The molecule has 1 aromatic carbocycles. The van der Waals surface area contributed by atoms with E-state index in [9.17, 15) is 9.59 Å². The summed E-state index contributed by atoms with van der Waals surface area (Å²) >= 11 is 7.87. The third-order valence-corrected chi connectivity index (χ3v) is 6.45. The van der Waals surface area contributed by atoms with Gasteiger partial charge in [-0.2, -0.15) is 0 Å². The molecule has 140 valence electrons. The lowest BCUT2D eigenvalue weighted by molar-refractivity contribution is -0.116. The highest BCUT2D eigenvalue weighted by Crippen LogP contribution is 2.33. The van der Waals surface area contributed by atoms with Gasteiger partial charge in [0.1, 0.15) is 11.4 Å². The van der Waals surface area contributed by atoms with Crippen molar-refractivity contribution >= 4 is 44.7 Å². The van der Waals surface area contributed by atoms with Crippen molar-refractivity contribution in [3.63, 3.8) is 0 Å². The quantitative estimate of drug-likeness (QED) is 0.713. The van der Waals surface area contributed by atoms with E-state index in [-0.39, 0.29) is 18.0 Å². The highest BCUT2D eigenvalue weighted by atomic mass is 35.5. The molecule has 0 unspecified atom stereocenters. The summed E-state index contributed by atoms with van der Waals surface area (Å²) in [5.41, 5.74) is 3.50. The lowest BCUT2D eigenvalue weighted by Crippen LogP contribution is -2.28. The average Bonchev–Trinajstić information content (AvgIpc) is 3.00. The summed E-state index contributed by atoms with van der Waals surface area (Å²) in [4.78, 5) is 32.0. The summed E-state index contributed by atoms with van der Waals surface area (Å²) < 4.78 is 1.39. The molecule has 3 aromatic rings. The van der Waals surface area contributed by atoms with E-state index in [1.165, 1.54) is 15.8 Å². The highest BCUT2D eigenvalue weighted by Gasteiger charge is 2.20. The Morgan fingerprint density at radius 2 is 2.07 bits per heavy atom. The molecule has 0 radical (unpaired) electrons. The number of rotatable bonds is 3. The molecule has 7 heteroatoms. The topological polar surface area (TPSA) is 64.0 Å². The van der Waals surface area contributed by atoms with E-state index >= 15 is 0 Å². The Morgan fingerprint density at radius 1 is 1.30 bits per heavy atom. The zero-order valence-corrected chi connectivity index (χ0v) is 16.8. The molecule has 4 rings (SSSR count). The number of aryl methyl sites for hydroxylation is 4. The van der Waals surface area contributed by atoms with Crippen LogP contribution in [0.4, 0.5) is 5.69 Å². The van der Waals surface area contributed by atoms with E-state index in [1.807, 2.05) is 26.0 Å². The minimum Gasteiger partial charge on any atom is -0.323 e. The van der Waals surface area contributed by atoms with Crippen LogP contribution in [0.3, 0.4) is 0 Å². The molecule has 0 aliphatic heterocycles. The highest BCUT2D eigenvalue weighted by molar-refractivity contribution is 7.18. The fourth-order valence-corrected chi connectivity index (χ4v) is 5.29. The molecule has 0 spiro atoms. The number of aromatic nitrogens is 2. The fraction of sp³-hybridized carbons (Fsp3) is 0.350. The number of carbonyl (C=O) groups excluding carboxylic acids is 1. The number of halogens is 1. The van der Waals surface area contributed by atoms with Crippen molar-refractivity contribution in [2.24, 2.45) is 0 Å². The molecule has 1 aliphatic carbocycles. The van der Waals surface area contributed by atoms with Gasteiger partial charge in [0, 0.05) is 4.88 Å². The number of thiophene rings is 1. The van der Waals surface area contributed by atoms with Gasteiger partial charge in [0.15, 0.2) is 0 Å². The third kappa shape index (κ3) is 3.39. The SMILES string of the molecule is Cc1cc(C)c(NC(=O)Cn2cnc3sc4c(c3c2=O)CCCC4)c(Cl)c1. The van der Waals surface area contributed by atoms with Gasteiger partial charge < -0.3 is 5.32 Å². The molecule has 1 N–H and O–H groups in total. The Labute approximate surface area is 166 Å². The zero-order valence-electron chi connectivity index (χ0n) is 15.3. The van der Waals surface area contributed by atoms with Crippen molar-refractivity contribution in [1.29, 1.82) is 0 Å². The molecule has 27 heavy (non-hydrogen) atoms. The largest absolute Gasteiger partial charge is 0.323 e. The Kier molecular flexibility index (Phi) is 4.78. The normalized spacial score (nSPS) is 13.6. The van der Waals surface area contributed by atoms with Crippen molar-refractivity contribution in [3.05, 3.63) is 55.4 Å². The molecule has 1 aliphatic rings. The maximum absolute atomic E-state index is 13.0. The molecule has 0 saturated carbocycles. The number of hydrogen-bond donors (Lipinski definition) is 1. The number of benzene rings is 1. The van der Waals surface area contributed by atoms with Gasteiger partial charge in [0.25, 0.3) is 5.56 Å². The van der Waals surface area contributed by atoms with E-state index in [0.717, 1.165) is 47.2 Å². The van der Waals surface area contributed by atoms with Gasteiger partial charge in [0.2, 0.25) is 5.91 Å². The van der Waals surface area contributed by atoms with Crippen molar-refractivity contribution < 1.29 is 4.79 Å². The molecule has 2 aromatic heterocycles. The van der Waals surface area contributed by atoms with Gasteiger partial charge in [-0.1, -0.05) is 17.7 Å². The number of fused-ring (bicyclic) bond motifs is 3. The van der Waals surface area contributed by atoms with Gasteiger partial charge in [0.05, 0.1) is 22.4 Å². The molecule has 0 bridgehead atoms. The summed E-state index contributed by atoms with van der Waals surface area (Å²) in [6, 6.07) is 3.76. The summed E-state index contributed by atoms with van der Waals surface area (Å²) in [7, 11) is 0. The molecule has 5 nitrogen and oxygen atoms in total. The number of amides is 1. The van der Waals surface area contributed by atoms with Crippen LogP contribution >= 0.6 is 22.9 Å². The number of anilines is 1. The maximum atomic E-state index is 13.0. The molecule has 2 heterocycles. The summed E-state index contributed by atoms with van der Waals surface area (Å²) in [6.07, 6.45) is 5.66. The first-order valence-electron chi connectivity index (χ1n) is 9.00. The van der Waals surface area contributed by atoms with E-state index in [2.05, 4.69) is 10.3 Å². The van der Waals surface area contributed by atoms with E-state index in [4.69, 9.17) is 11.6 Å². The first-order chi connectivity index (χ1) is 12.9. The molecule has 0 fully saturated rings. The summed E-state index contributed by atoms with van der Waals surface area (Å²) in [5.74, 6) is -0.295. The average molecular weight is 402 g/mol. The second-order valence-electron chi connectivity index (χ2n) is 7.06. The molecule has 0 saturated heterocycles. The fourth-order valence-electron chi connectivity index (χ4n) is 3.70. The van der Waals surface area contributed by atoms with Crippen LogP contribution in [0.25, 0.3) is 10.2 Å². The van der Waals surface area contributed by atoms with Crippen LogP contribution in [0, 0.1) is 13.8 Å². The monoisotopic (exact) mass is 401 g/mol. The molecular formula is C20H20ClN3O2S. The Bertz CT molecular complexity index is 1090. The van der Waals surface area contributed by atoms with Crippen LogP contribution in [0.5, 0.6) is 0 Å². The second kappa shape index (κ2) is 7.09. The van der Waals surface area contributed by atoms with Gasteiger partial charge in [-0.3, -0.25) is 14.2 Å². The van der Waals surface area contributed by atoms with Crippen LogP contribution < -0.4 is 10.9 Å². The maximum Gasteiger partial charge on any atom is 0.262 e. The van der Waals surface area contributed by atoms with Crippen LogP contribution in [0.1, 0.15) is 34.4 Å². The first-order valence-corrected chi connectivity index (χ1v) is 10.2. The van der Waals surface area contributed by atoms with Crippen LogP contribution in [0.15, 0.2) is 23.3 Å². The minimum atomic E-state index is -0.295. The predicted molar refractivity (Wildman–Crippen MR) is 110 cm³/mol. The van der Waals surface area contributed by atoms with Crippen molar-refractivity contribution in [1.82, 2.24) is 9.55 Å². The Hall–Kier alpha value is -2.18. The van der Waals surface area contributed by atoms with E-state index < -0.39 is 0 Å². The summed E-state index contributed by atoms with van der Waals surface area (Å²) in [5, 5.41) is 4.01. The Balaban J connectivity index is 1.63. The van der Waals surface area contributed by atoms with Crippen molar-refractivity contribution in [2.45, 2.75) is 46.1 Å². The van der Waals surface area contributed by atoms with Crippen molar-refractivity contribution in [2.75, 3.05) is 5.32 Å². The van der Waals surface area contributed by atoms with Gasteiger partial charge in [-0.15, -0.1) is 11.3 Å². The smallest absolute Gasteiger partial charge is 0.262 e. The lowest BCUT2D eigenvalue weighted by atomic mass is 9.97. The van der Waals surface area contributed by atoms with E-state index in [1.54, 1.807) is 11.3 Å². The van der Waals surface area contributed by atoms with Crippen LogP contribution in [0.2, 0.25) is 5.02 Å². The number of carbonyl (C=O) groups is 1. The zero-order chi connectivity index (χ0) is 19.1. The predicted octanol–water partition coefficient (Wildman–Crippen LogP) is 4.25. The third-order valence-electron chi connectivity index (χ3n) is 4.95. The molecule has 0 atom stereocenters. The molecule has 1 amide bonds. The first kappa shape index (κ1) is 18.2. The van der Waals surface area contributed by atoms with Gasteiger partial charge >= 0.3 is 0 Å². The van der Waals surface area contributed by atoms with E-state index in [0.29, 0.717) is 16.1 Å². The van der Waals surface area contributed by atoms with Crippen LogP contribution in [-0.2, 0) is 24.2 Å². The molecular weight excluding hydrogens is 382 g/mol. The minimum absolute atomic E-state index is 0.0873. The van der Waals surface area contributed by atoms with Crippen LogP contribution in [-0.4, -0.2) is 15.5 Å². The standard InChI is InChI=1S/C20H20ClN3O2S/c1-11-7-12(2)18(14(21)8-11)23-16(25)9-24-10-22-19-17(20(24)26)13-5-3-4-6-15(13)27-19/h7-8,10H,3-6,9H2,1-2H3,(H,23,25). The summed E-state index contributed by atoms with van der Waals surface area (Å²) in [6.45, 7) is 3.76. The number of nitrogens with zero attached hydrogens (tertiary/aromatic N) is 2. The van der Waals surface area contributed by atoms with Crippen molar-refractivity contribution in [3.8, 4) is 0 Å².